The first kappa shape index (κ1) is 22.3. The zero-order valence-electron chi connectivity index (χ0n) is 18.2. The maximum atomic E-state index is 12.6. The van der Waals surface area contributed by atoms with E-state index in [9.17, 15) is 4.79 Å². The number of hydrogen-bond donors (Lipinski definition) is 1. The molecule has 0 saturated carbocycles. The molecule has 0 spiro atoms. The van der Waals surface area contributed by atoms with Gasteiger partial charge in [-0.3, -0.25) is 14.3 Å². The van der Waals surface area contributed by atoms with Gasteiger partial charge in [0, 0.05) is 43.9 Å². The van der Waals surface area contributed by atoms with Crippen LogP contribution in [0.5, 0.6) is 0 Å². The lowest BCUT2D eigenvalue weighted by Gasteiger charge is -2.37. The standard InChI is InChI=1S/C22H31N5O3S/c1-16-3-4-19(11-17(16)2)27-15-24-25-22(27)31-14-21(28)23-12-20(18-5-8-30-13-18)26-6-9-29-10-7-26/h3-4,11,15,18,20H,5-10,12-14H2,1-2H3,(H,23,28). The molecule has 3 heterocycles. The Morgan fingerprint density at radius 2 is 2.06 bits per heavy atom. The molecule has 2 saturated heterocycles. The van der Waals surface area contributed by atoms with Crippen molar-refractivity contribution in [3.8, 4) is 5.69 Å². The number of rotatable bonds is 8. The molecule has 8 nitrogen and oxygen atoms in total. The van der Waals surface area contributed by atoms with Gasteiger partial charge in [-0.2, -0.15) is 0 Å². The van der Waals surface area contributed by atoms with E-state index in [1.54, 1.807) is 6.33 Å². The molecular formula is C22H31N5O3S. The first-order valence-corrected chi connectivity index (χ1v) is 11.9. The van der Waals surface area contributed by atoms with E-state index in [2.05, 4.69) is 46.4 Å². The van der Waals surface area contributed by atoms with Gasteiger partial charge in [-0.25, -0.2) is 0 Å². The van der Waals surface area contributed by atoms with Gasteiger partial charge in [-0.05, 0) is 43.5 Å². The molecule has 1 aromatic heterocycles. The first-order valence-electron chi connectivity index (χ1n) is 10.9. The maximum absolute atomic E-state index is 12.6. The van der Waals surface area contributed by atoms with Gasteiger partial charge in [0.15, 0.2) is 5.16 Å². The fourth-order valence-electron chi connectivity index (χ4n) is 4.13. The second-order valence-electron chi connectivity index (χ2n) is 8.18. The fourth-order valence-corrected chi connectivity index (χ4v) is 4.89. The Morgan fingerprint density at radius 3 is 2.81 bits per heavy atom. The van der Waals surface area contributed by atoms with Crippen molar-refractivity contribution < 1.29 is 14.3 Å². The summed E-state index contributed by atoms with van der Waals surface area (Å²) in [4.78, 5) is 15.1. The van der Waals surface area contributed by atoms with Crippen molar-refractivity contribution in [2.24, 2.45) is 5.92 Å². The number of amides is 1. The van der Waals surface area contributed by atoms with Crippen molar-refractivity contribution in [3.63, 3.8) is 0 Å². The second kappa shape index (κ2) is 10.6. The topological polar surface area (TPSA) is 81.5 Å². The molecule has 1 aromatic carbocycles. The molecule has 2 unspecified atom stereocenters. The van der Waals surface area contributed by atoms with Crippen LogP contribution in [0.15, 0.2) is 29.7 Å². The SMILES string of the molecule is Cc1ccc(-n2cnnc2SCC(=O)NCC(C2CCOC2)N2CCOCC2)cc1C. The summed E-state index contributed by atoms with van der Waals surface area (Å²) in [6.07, 6.45) is 2.74. The van der Waals surface area contributed by atoms with Gasteiger partial charge in [0.05, 0.1) is 25.6 Å². The quantitative estimate of drug-likeness (QED) is 0.621. The van der Waals surface area contributed by atoms with E-state index in [1.165, 1.54) is 22.9 Å². The van der Waals surface area contributed by atoms with Crippen LogP contribution >= 0.6 is 11.8 Å². The highest BCUT2D eigenvalue weighted by molar-refractivity contribution is 7.99. The summed E-state index contributed by atoms with van der Waals surface area (Å²) in [5.41, 5.74) is 3.46. The molecule has 0 aliphatic carbocycles. The zero-order valence-corrected chi connectivity index (χ0v) is 19.1. The molecule has 2 fully saturated rings. The normalized spacial score (nSPS) is 20.6. The van der Waals surface area contributed by atoms with Gasteiger partial charge < -0.3 is 14.8 Å². The van der Waals surface area contributed by atoms with E-state index in [0.29, 0.717) is 29.4 Å². The van der Waals surface area contributed by atoms with Crippen molar-refractivity contribution in [1.82, 2.24) is 25.0 Å². The molecule has 4 rings (SSSR count). The van der Waals surface area contributed by atoms with Crippen LogP contribution in [0.3, 0.4) is 0 Å². The monoisotopic (exact) mass is 445 g/mol. The Morgan fingerprint density at radius 1 is 1.23 bits per heavy atom. The highest BCUT2D eigenvalue weighted by atomic mass is 32.2. The molecule has 2 aliphatic heterocycles. The summed E-state index contributed by atoms with van der Waals surface area (Å²) >= 11 is 1.41. The third-order valence-electron chi connectivity index (χ3n) is 6.15. The van der Waals surface area contributed by atoms with E-state index in [-0.39, 0.29) is 5.91 Å². The molecule has 0 bridgehead atoms. The number of morpholine rings is 1. The predicted molar refractivity (Wildman–Crippen MR) is 120 cm³/mol. The summed E-state index contributed by atoms with van der Waals surface area (Å²) in [6, 6.07) is 6.54. The number of carbonyl (C=O) groups is 1. The van der Waals surface area contributed by atoms with Crippen LogP contribution in [0, 0.1) is 19.8 Å². The number of aryl methyl sites for hydroxylation is 2. The predicted octanol–water partition coefficient (Wildman–Crippen LogP) is 1.83. The second-order valence-corrected chi connectivity index (χ2v) is 9.13. The third-order valence-corrected chi connectivity index (χ3v) is 7.09. The molecule has 31 heavy (non-hydrogen) atoms. The van der Waals surface area contributed by atoms with Crippen molar-refractivity contribution >= 4 is 17.7 Å². The Hall–Kier alpha value is -1.94. The number of ether oxygens (including phenoxy) is 2. The maximum Gasteiger partial charge on any atom is 0.230 e. The van der Waals surface area contributed by atoms with E-state index in [4.69, 9.17) is 9.47 Å². The summed E-state index contributed by atoms with van der Waals surface area (Å²) in [6.45, 7) is 9.71. The summed E-state index contributed by atoms with van der Waals surface area (Å²) in [5.74, 6) is 0.774. The molecule has 2 aromatic rings. The average molecular weight is 446 g/mol. The molecule has 168 valence electrons. The number of nitrogens with one attached hydrogen (secondary N) is 1. The summed E-state index contributed by atoms with van der Waals surface area (Å²) in [7, 11) is 0. The molecule has 0 radical (unpaired) electrons. The fraction of sp³-hybridized carbons (Fsp3) is 0.591. The third kappa shape index (κ3) is 5.65. The van der Waals surface area contributed by atoms with E-state index < -0.39 is 0 Å². The molecule has 1 N–H and O–H groups in total. The van der Waals surface area contributed by atoms with Crippen LogP contribution in [0.4, 0.5) is 0 Å². The van der Waals surface area contributed by atoms with Gasteiger partial charge >= 0.3 is 0 Å². The minimum Gasteiger partial charge on any atom is -0.381 e. The molecule has 9 heteroatoms. The van der Waals surface area contributed by atoms with Crippen molar-refractivity contribution in [2.45, 2.75) is 31.5 Å². The number of nitrogens with zero attached hydrogens (tertiary/aromatic N) is 4. The highest BCUT2D eigenvalue weighted by Crippen LogP contribution is 2.23. The number of aromatic nitrogens is 3. The smallest absolute Gasteiger partial charge is 0.230 e. The lowest BCUT2D eigenvalue weighted by Crippen LogP contribution is -2.52. The minimum absolute atomic E-state index is 0.0109. The largest absolute Gasteiger partial charge is 0.381 e. The van der Waals surface area contributed by atoms with Gasteiger partial charge in [0.25, 0.3) is 0 Å². The number of hydrogen-bond acceptors (Lipinski definition) is 7. The van der Waals surface area contributed by atoms with Gasteiger partial charge in [-0.15, -0.1) is 10.2 Å². The van der Waals surface area contributed by atoms with Crippen LogP contribution in [-0.4, -0.2) is 83.4 Å². The van der Waals surface area contributed by atoms with Gasteiger partial charge in [-0.1, -0.05) is 17.8 Å². The average Bonchev–Trinajstić information content (AvgIpc) is 3.47. The Balaban J connectivity index is 1.32. The zero-order chi connectivity index (χ0) is 21.6. The Bertz CT molecular complexity index is 878. The van der Waals surface area contributed by atoms with E-state index in [1.807, 2.05) is 10.6 Å². The van der Waals surface area contributed by atoms with Crippen LogP contribution < -0.4 is 5.32 Å². The Kier molecular flexibility index (Phi) is 7.60. The summed E-state index contributed by atoms with van der Waals surface area (Å²) in [5, 5.41) is 12.1. The van der Waals surface area contributed by atoms with Crippen LogP contribution in [0.2, 0.25) is 0 Å². The van der Waals surface area contributed by atoms with E-state index in [0.717, 1.165) is 51.6 Å². The van der Waals surface area contributed by atoms with Crippen molar-refractivity contribution in [3.05, 3.63) is 35.7 Å². The van der Waals surface area contributed by atoms with Crippen molar-refractivity contribution in [2.75, 3.05) is 51.8 Å². The van der Waals surface area contributed by atoms with Crippen LogP contribution in [0.25, 0.3) is 5.69 Å². The minimum atomic E-state index is 0.0109. The van der Waals surface area contributed by atoms with E-state index >= 15 is 0 Å². The number of carbonyl (C=O) groups excluding carboxylic acids is 1. The van der Waals surface area contributed by atoms with Gasteiger partial charge in [0.1, 0.15) is 6.33 Å². The van der Waals surface area contributed by atoms with Crippen LogP contribution in [0.1, 0.15) is 17.5 Å². The first-order chi connectivity index (χ1) is 15.1. The van der Waals surface area contributed by atoms with Crippen LogP contribution in [-0.2, 0) is 14.3 Å². The Labute approximate surface area is 187 Å². The lowest BCUT2D eigenvalue weighted by atomic mass is 9.97. The molecule has 2 atom stereocenters. The van der Waals surface area contributed by atoms with Crippen molar-refractivity contribution in [1.29, 1.82) is 0 Å². The molecule has 1 amide bonds. The number of thioether (sulfide) groups is 1. The van der Waals surface area contributed by atoms with Gasteiger partial charge in [0.2, 0.25) is 5.91 Å². The highest BCUT2D eigenvalue weighted by Gasteiger charge is 2.31. The number of benzene rings is 1. The molecular weight excluding hydrogens is 414 g/mol. The lowest BCUT2D eigenvalue weighted by molar-refractivity contribution is -0.119. The molecule has 2 aliphatic rings. The summed E-state index contributed by atoms with van der Waals surface area (Å²) < 4.78 is 13.0.